The lowest BCUT2D eigenvalue weighted by Gasteiger charge is -2.27. The molecular formula is C16H21ClN4O. The summed E-state index contributed by atoms with van der Waals surface area (Å²) in [6.07, 6.45) is 5.33. The van der Waals surface area contributed by atoms with E-state index in [4.69, 9.17) is 11.6 Å². The van der Waals surface area contributed by atoms with Crippen LogP contribution in [0.2, 0.25) is 5.02 Å². The lowest BCUT2D eigenvalue weighted by Crippen LogP contribution is -2.44. The summed E-state index contributed by atoms with van der Waals surface area (Å²) in [5.41, 5.74) is 1.02. The number of hydrogen-bond donors (Lipinski definition) is 1. The number of carbonyl (C=O) groups excluding carboxylic acids is 1. The fourth-order valence-corrected chi connectivity index (χ4v) is 2.35. The van der Waals surface area contributed by atoms with E-state index in [1.165, 1.54) is 0 Å². The summed E-state index contributed by atoms with van der Waals surface area (Å²) in [5.74, 6) is 0. The Bertz CT molecular complexity index is 598. The Morgan fingerprint density at radius 1 is 1.45 bits per heavy atom. The predicted octanol–water partition coefficient (Wildman–Crippen LogP) is 3.16. The standard InChI is InChI=1S/C16H21ClN4O/c1-13(2)21(11-14-4-3-5-15(17)10-14)16(22)19-7-9-20-8-6-18-12-20/h3-6,8,10,12-13H,7,9,11H2,1-2H3,(H,19,22). The molecule has 2 aromatic rings. The van der Waals surface area contributed by atoms with Crippen molar-refractivity contribution in [3.8, 4) is 0 Å². The van der Waals surface area contributed by atoms with Gasteiger partial charge in [-0.25, -0.2) is 9.78 Å². The van der Waals surface area contributed by atoms with Crippen LogP contribution in [0.4, 0.5) is 4.79 Å². The zero-order chi connectivity index (χ0) is 15.9. The number of carbonyl (C=O) groups is 1. The molecule has 2 amide bonds. The van der Waals surface area contributed by atoms with E-state index in [2.05, 4.69) is 10.3 Å². The highest BCUT2D eigenvalue weighted by atomic mass is 35.5. The highest BCUT2D eigenvalue weighted by molar-refractivity contribution is 6.30. The van der Waals surface area contributed by atoms with E-state index < -0.39 is 0 Å². The highest BCUT2D eigenvalue weighted by Gasteiger charge is 2.16. The van der Waals surface area contributed by atoms with Crippen molar-refractivity contribution in [3.05, 3.63) is 53.6 Å². The molecule has 0 aliphatic carbocycles. The first-order valence-corrected chi connectivity index (χ1v) is 7.68. The van der Waals surface area contributed by atoms with Crippen LogP contribution in [0.1, 0.15) is 19.4 Å². The Kier molecular flexibility index (Phi) is 5.83. The molecule has 1 N–H and O–H groups in total. The molecule has 22 heavy (non-hydrogen) atoms. The van der Waals surface area contributed by atoms with Crippen molar-refractivity contribution in [3.63, 3.8) is 0 Å². The molecule has 0 radical (unpaired) electrons. The Balaban J connectivity index is 1.90. The van der Waals surface area contributed by atoms with Crippen LogP contribution >= 0.6 is 11.6 Å². The number of benzene rings is 1. The molecule has 0 fully saturated rings. The third-order valence-electron chi connectivity index (χ3n) is 3.33. The molecule has 2 rings (SSSR count). The van der Waals surface area contributed by atoms with E-state index in [0.717, 1.165) is 5.56 Å². The minimum atomic E-state index is -0.0740. The summed E-state index contributed by atoms with van der Waals surface area (Å²) in [5, 5.41) is 3.62. The molecule has 5 nitrogen and oxygen atoms in total. The van der Waals surface area contributed by atoms with Crippen molar-refractivity contribution >= 4 is 17.6 Å². The van der Waals surface area contributed by atoms with Gasteiger partial charge in [0.2, 0.25) is 0 Å². The molecule has 0 saturated heterocycles. The summed E-state index contributed by atoms with van der Waals surface area (Å²) in [6.45, 7) is 5.80. The van der Waals surface area contributed by atoms with E-state index in [-0.39, 0.29) is 12.1 Å². The van der Waals surface area contributed by atoms with E-state index in [1.54, 1.807) is 17.4 Å². The van der Waals surface area contributed by atoms with Gasteiger partial charge in [-0.05, 0) is 31.5 Å². The molecule has 0 bridgehead atoms. The fourth-order valence-electron chi connectivity index (χ4n) is 2.13. The summed E-state index contributed by atoms with van der Waals surface area (Å²) >= 11 is 6.00. The maximum Gasteiger partial charge on any atom is 0.317 e. The van der Waals surface area contributed by atoms with Gasteiger partial charge in [0.1, 0.15) is 0 Å². The Hall–Kier alpha value is -2.01. The second-order valence-corrected chi connectivity index (χ2v) is 5.82. The lowest BCUT2D eigenvalue weighted by molar-refractivity contribution is 0.179. The predicted molar refractivity (Wildman–Crippen MR) is 87.8 cm³/mol. The molecule has 6 heteroatoms. The fraction of sp³-hybridized carbons (Fsp3) is 0.375. The molecule has 1 aromatic carbocycles. The van der Waals surface area contributed by atoms with Crippen molar-refractivity contribution in [2.75, 3.05) is 6.54 Å². The quantitative estimate of drug-likeness (QED) is 0.889. The smallest absolute Gasteiger partial charge is 0.317 e. The van der Waals surface area contributed by atoms with Crippen molar-refractivity contribution < 1.29 is 4.79 Å². The zero-order valence-corrected chi connectivity index (χ0v) is 13.6. The van der Waals surface area contributed by atoms with Gasteiger partial charge in [0, 0.05) is 43.1 Å². The maximum atomic E-state index is 12.4. The van der Waals surface area contributed by atoms with Crippen LogP contribution < -0.4 is 5.32 Å². The summed E-state index contributed by atoms with van der Waals surface area (Å²) in [6, 6.07) is 7.61. The van der Waals surface area contributed by atoms with Crippen LogP contribution in [0.5, 0.6) is 0 Å². The number of nitrogens with one attached hydrogen (secondary N) is 1. The second kappa shape index (κ2) is 7.84. The number of amides is 2. The van der Waals surface area contributed by atoms with Crippen molar-refractivity contribution in [1.82, 2.24) is 19.8 Å². The highest BCUT2D eigenvalue weighted by Crippen LogP contribution is 2.14. The summed E-state index contributed by atoms with van der Waals surface area (Å²) in [4.78, 5) is 18.1. The first-order valence-electron chi connectivity index (χ1n) is 7.31. The minimum absolute atomic E-state index is 0.0740. The number of hydrogen-bond acceptors (Lipinski definition) is 2. The molecule has 1 heterocycles. The third kappa shape index (κ3) is 4.77. The molecule has 0 aliphatic heterocycles. The first-order chi connectivity index (χ1) is 10.6. The average molecular weight is 321 g/mol. The average Bonchev–Trinajstić information content (AvgIpc) is 2.97. The maximum absolute atomic E-state index is 12.4. The van der Waals surface area contributed by atoms with Crippen molar-refractivity contribution in [1.29, 1.82) is 0 Å². The molecule has 0 spiro atoms. The first kappa shape index (κ1) is 16.4. The van der Waals surface area contributed by atoms with Crippen LogP contribution in [0, 0.1) is 0 Å². The number of urea groups is 1. The monoisotopic (exact) mass is 320 g/mol. The molecule has 0 saturated carbocycles. The van der Waals surface area contributed by atoms with Gasteiger partial charge in [-0.1, -0.05) is 23.7 Å². The molecule has 0 unspecified atom stereocenters. The van der Waals surface area contributed by atoms with Crippen LogP contribution in [0.15, 0.2) is 43.0 Å². The van der Waals surface area contributed by atoms with Gasteiger partial charge in [0.15, 0.2) is 0 Å². The lowest BCUT2D eigenvalue weighted by atomic mass is 10.2. The number of aromatic nitrogens is 2. The van der Waals surface area contributed by atoms with E-state index in [0.29, 0.717) is 24.7 Å². The molecule has 1 aromatic heterocycles. The van der Waals surface area contributed by atoms with E-state index >= 15 is 0 Å². The topological polar surface area (TPSA) is 50.2 Å². The molecular weight excluding hydrogens is 300 g/mol. The number of halogens is 1. The minimum Gasteiger partial charge on any atom is -0.336 e. The van der Waals surface area contributed by atoms with Gasteiger partial charge in [-0.3, -0.25) is 0 Å². The van der Waals surface area contributed by atoms with Gasteiger partial charge < -0.3 is 14.8 Å². The zero-order valence-electron chi connectivity index (χ0n) is 12.9. The van der Waals surface area contributed by atoms with Crippen LogP contribution in [-0.2, 0) is 13.1 Å². The van der Waals surface area contributed by atoms with Gasteiger partial charge >= 0.3 is 6.03 Å². The van der Waals surface area contributed by atoms with Crippen molar-refractivity contribution in [2.45, 2.75) is 33.0 Å². The number of imidazole rings is 1. The Labute approximate surface area is 135 Å². The van der Waals surface area contributed by atoms with Crippen molar-refractivity contribution in [2.24, 2.45) is 0 Å². The summed E-state index contributed by atoms with van der Waals surface area (Å²) in [7, 11) is 0. The Morgan fingerprint density at radius 3 is 2.91 bits per heavy atom. The third-order valence-corrected chi connectivity index (χ3v) is 3.57. The normalized spacial score (nSPS) is 10.7. The Morgan fingerprint density at radius 2 is 2.27 bits per heavy atom. The second-order valence-electron chi connectivity index (χ2n) is 5.38. The SMILES string of the molecule is CC(C)N(Cc1cccc(Cl)c1)C(=O)NCCn1ccnc1. The largest absolute Gasteiger partial charge is 0.336 e. The van der Waals surface area contributed by atoms with Gasteiger partial charge in [0.05, 0.1) is 6.33 Å². The van der Waals surface area contributed by atoms with Gasteiger partial charge in [-0.15, -0.1) is 0 Å². The van der Waals surface area contributed by atoms with Crippen LogP contribution in [-0.4, -0.2) is 33.1 Å². The van der Waals surface area contributed by atoms with Crippen LogP contribution in [0.3, 0.4) is 0 Å². The van der Waals surface area contributed by atoms with Gasteiger partial charge in [0.25, 0.3) is 0 Å². The summed E-state index contributed by atoms with van der Waals surface area (Å²) < 4.78 is 1.93. The van der Waals surface area contributed by atoms with E-state index in [1.807, 2.05) is 48.9 Å². The molecule has 0 atom stereocenters. The van der Waals surface area contributed by atoms with E-state index in [9.17, 15) is 4.79 Å². The van der Waals surface area contributed by atoms with Gasteiger partial charge in [-0.2, -0.15) is 0 Å². The van der Waals surface area contributed by atoms with Crippen LogP contribution in [0.25, 0.3) is 0 Å². The molecule has 0 aliphatic rings. The number of nitrogens with zero attached hydrogens (tertiary/aromatic N) is 3. The number of rotatable bonds is 6. The molecule has 118 valence electrons.